The maximum absolute atomic E-state index is 14.1. The molecule has 0 saturated carbocycles. The van der Waals surface area contributed by atoms with Crippen molar-refractivity contribution in [3.05, 3.63) is 53.7 Å². The average molecular weight is 280 g/mol. The number of benzene rings is 1. The number of rotatable bonds is 5. The summed E-state index contributed by atoms with van der Waals surface area (Å²) in [5.74, 6) is 0.329. The fourth-order valence-electron chi connectivity index (χ4n) is 1.83. The van der Waals surface area contributed by atoms with E-state index in [0.717, 1.165) is 5.56 Å². The Labute approximate surface area is 117 Å². The quantitative estimate of drug-likeness (QED) is 0.787. The number of halogens is 2. The first-order valence-corrected chi connectivity index (χ1v) is 6.57. The second-order valence-corrected chi connectivity index (χ2v) is 4.57. The fraction of sp³-hybridized carbons (Fsp3) is 0.286. The summed E-state index contributed by atoms with van der Waals surface area (Å²) in [6.07, 6.45) is 1.37. The van der Waals surface area contributed by atoms with E-state index in [2.05, 4.69) is 9.97 Å². The summed E-state index contributed by atoms with van der Waals surface area (Å²) >= 11 is 5.80. The maximum atomic E-state index is 14.1. The molecular weight excluding hydrogens is 265 g/mol. The number of aromatic nitrogens is 2. The summed E-state index contributed by atoms with van der Waals surface area (Å²) in [6.45, 7) is 2.73. The topological polar surface area (TPSA) is 29.0 Å². The molecule has 0 spiro atoms. The smallest absolute Gasteiger partial charge is 0.186 e. The summed E-state index contributed by atoms with van der Waals surface area (Å²) in [5, 5.41) is 0. The molecule has 0 bridgehead atoms. The molecule has 2 rings (SSSR count). The van der Waals surface area contributed by atoms with Crippen molar-refractivity contribution in [3.8, 4) is 0 Å². The molecule has 19 heavy (non-hydrogen) atoms. The zero-order valence-corrected chi connectivity index (χ0v) is 11.4. The monoisotopic (exact) mass is 279 g/mol. The zero-order chi connectivity index (χ0) is 13.7. The van der Waals surface area contributed by atoms with Gasteiger partial charge in [0.1, 0.15) is 6.33 Å². The Morgan fingerprint density at radius 2 is 1.95 bits per heavy atom. The number of nitrogens with zero attached hydrogens (tertiary/aromatic N) is 3. The Kier molecular flexibility index (Phi) is 4.68. The molecule has 2 aromatic rings. The third-order valence-corrected chi connectivity index (χ3v) is 2.98. The minimum absolute atomic E-state index is 0.303. The van der Waals surface area contributed by atoms with Crippen molar-refractivity contribution >= 4 is 17.4 Å². The molecular formula is C14H15ClFN3. The van der Waals surface area contributed by atoms with Gasteiger partial charge in [-0.15, -0.1) is 11.6 Å². The normalized spacial score (nSPS) is 10.5. The molecule has 0 amide bonds. The van der Waals surface area contributed by atoms with Crippen LogP contribution < -0.4 is 4.90 Å². The highest BCUT2D eigenvalue weighted by molar-refractivity contribution is 6.18. The van der Waals surface area contributed by atoms with Gasteiger partial charge in [-0.1, -0.05) is 30.3 Å². The van der Waals surface area contributed by atoms with E-state index in [0.29, 0.717) is 30.5 Å². The third kappa shape index (κ3) is 3.41. The Balaban J connectivity index is 2.27. The van der Waals surface area contributed by atoms with Crippen molar-refractivity contribution in [2.24, 2.45) is 0 Å². The molecule has 0 N–H and O–H groups in total. The molecule has 0 unspecified atom stereocenters. The van der Waals surface area contributed by atoms with Crippen LogP contribution in [0.3, 0.4) is 0 Å². The lowest BCUT2D eigenvalue weighted by atomic mass is 10.2. The van der Waals surface area contributed by atoms with Crippen LogP contribution >= 0.6 is 11.6 Å². The molecule has 3 nitrogen and oxygen atoms in total. The molecule has 100 valence electrons. The largest absolute Gasteiger partial charge is 0.349 e. The first-order valence-electron chi connectivity index (χ1n) is 6.04. The molecule has 0 atom stereocenters. The van der Waals surface area contributed by atoms with Crippen LogP contribution in [0.4, 0.5) is 10.2 Å². The van der Waals surface area contributed by atoms with E-state index in [4.69, 9.17) is 11.6 Å². The molecule has 5 heteroatoms. The number of alkyl halides is 1. The van der Waals surface area contributed by atoms with Crippen molar-refractivity contribution in [3.63, 3.8) is 0 Å². The number of aryl methyl sites for hydroxylation is 1. The van der Waals surface area contributed by atoms with E-state index in [-0.39, 0.29) is 5.82 Å². The van der Waals surface area contributed by atoms with E-state index in [9.17, 15) is 4.39 Å². The number of anilines is 1. The highest BCUT2D eigenvalue weighted by atomic mass is 35.5. The molecule has 0 aliphatic rings. The van der Waals surface area contributed by atoms with Crippen LogP contribution in [0, 0.1) is 12.7 Å². The van der Waals surface area contributed by atoms with Gasteiger partial charge in [-0.05, 0) is 12.5 Å². The Bertz CT molecular complexity index is 533. The zero-order valence-electron chi connectivity index (χ0n) is 10.7. The van der Waals surface area contributed by atoms with Crippen LogP contribution in [0.15, 0.2) is 36.7 Å². The lowest BCUT2D eigenvalue weighted by Gasteiger charge is -2.23. The van der Waals surface area contributed by atoms with Gasteiger partial charge in [0.15, 0.2) is 11.6 Å². The van der Waals surface area contributed by atoms with Gasteiger partial charge < -0.3 is 4.90 Å². The maximum Gasteiger partial charge on any atom is 0.186 e. The predicted molar refractivity (Wildman–Crippen MR) is 74.9 cm³/mol. The van der Waals surface area contributed by atoms with Gasteiger partial charge >= 0.3 is 0 Å². The minimum Gasteiger partial charge on any atom is -0.349 e. The highest BCUT2D eigenvalue weighted by Gasteiger charge is 2.15. The van der Waals surface area contributed by atoms with E-state index in [1.54, 1.807) is 6.92 Å². The molecule has 1 heterocycles. The van der Waals surface area contributed by atoms with Gasteiger partial charge in [-0.3, -0.25) is 0 Å². The van der Waals surface area contributed by atoms with Crippen LogP contribution in [0.2, 0.25) is 0 Å². The molecule has 1 aromatic heterocycles. The van der Waals surface area contributed by atoms with E-state index >= 15 is 0 Å². The average Bonchev–Trinajstić information content (AvgIpc) is 2.43. The standard InChI is InChI=1S/C14H15ClFN3/c1-11-13(16)14(18-10-17-11)19(8-7-15)9-12-5-3-2-4-6-12/h2-6,10H,7-9H2,1H3. The first kappa shape index (κ1) is 13.7. The van der Waals surface area contributed by atoms with E-state index in [1.807, 2.05) is 35.2 Å². The number of hydrogen-bond donors (Lipinski definition) is 0. The fourth-order valence-corrected chi connectivity index (χ4v) is 2.04. The van der Waals surface area contributed by atoms with Crippen molar-refractivity contribution in [2.75, 3.05) is 17.3 Å². The van der Waals surface area contributed by atoms with Crippen molar-refractivity contribution < 1.29 is 4.39 Å². The van der Waals surface area contributed by atoms with Gasteiger partial charge in [0, 0.05) is 19.0 Å². The minimum atomic E-state index is -0.386. The van der Waals surface area contributed by atoms with Crippen molar-refractivity contribution in [1.29, 1.82) is 0 Å². The van der Waals surface area contributed by atoms with Gasteiger partial charge in [0.05, 0.1) is 5.69 Å². The van der Waals surface area contributed by atoms with E-state index < -0.39 is 0 Å². The lowest BCUT2D eigenvalue weighted by molar-refractivity contribution is 0.591. The first-order chi connectivity index (χ1) is 9.22. The molecule has 0 aliphatic carbocycles. The molecule has 0 radical (unpaired) electrons. The van der Waals surface area contributed by atoms with Gasteiger partial charge in [0.25, 0.3) is 0 Å². The van der Waals surface area contributed by atoms with Gasteiger partial charge in [0.2, 0.25) is 0 Å². The lowest BCUT2D eigenvalue weighted by Crippen LogP contribution is -2.27. The second-order valence-electron chi connectivity index (χ2n) is 4.19. The summed E-state index contributed by atoms with van der Waals surface area (Å²) in [5.41, 5.74) is 1.43. The predicted octanol–water partition coefficient (Wildman–Crippen LogP) is 3.17. The Hall–Kier alpha value is -1.68. The van der Waals surface area contributed by atoms with Crippen LogP contribution in [-0.4, -0.2) is 22.4 Å². The Morgan fingerprint density at radius 3 is 2.63 bits per heavy atom. The summed E-state index contributed by atoms with van der Waals surface area (Å²) in [7, 11) is 0. The summed E-state index contributed by atoms with van der Waals surface area (Å²) < 4.78 is 14.1. The van der Waals surface area contributed by atoms with E-state index in [1.165, 1.54) is 6.33 Å². The summed E-state index contributed by atoms with van der Waals surface area (Å²) in [4.78, 5) is 9.70. The molecule has 1 aromatic carbocycles. The van der Waals surface area contributed by atoms with Gasteiger partial charge in [-0.25, -0.2) is 14.4 Å². The Morgan fingerprint density at radius 1 is 1.21 bits per heavy atom. The number of hydrogen-bond acceptors (Lipinski definition) is 3. The third-order valence-electron chi connectivity index (χ3n) is 2.82. The van der Waals surface area contributed by atoms with Crippen molar-refractivity contribution in [2.45, 2.75) is 13.5 Å². The molecule has 0 aliphatic heterocycles. The SMILES string of the molecule is Cc1ncnc(N(CCCl)Cc2ccccc2)c1F. The van der Waals surface area contributed by atoms with Crippen molar-refractivity contribution in [1.82, 2.24) is 9.97 Å². The highest BCUT2D eigenvalue weighted by Crippen LogP contribution is 2.19. The second kappa shape index (κ2) is 6.48. The van der Waals surface area contributed by atoms with Crippen LogP contribution in [0.5, 0.6) is 0 Å². The molecule has 0 saturated heterocycles. The van der Waals surface area contributed by atoms with Crippen LogP contribution in [-0.2, 0) is 6.54 Å². The van der Waals surface area contributed by atoms with Crippen LogP contribution in [0.25, 0.3) is 0 Å². The van der Waals surface area contributed by atoms with Crippen LogP contribution in [0.1, 0.15) is 11.3 Å². The molecule has 0 fully saturated rings. The summed E-state index contributed by atoms with van der Waals surface area (Å²) in [6, 6.07) is 9.84. The van der Waals surface area contributed by atoms with Gasteiger partial charge in [-0.2, -0.15) is 0 Å².